The molecule has 0 bridgehead atoms. The van der Waals surface area contributed by atoms with Crippen LogP contribution in [-0.4, -0.2) is 35.3 Å². The van der Waals surface area contributed by atoms with E-state index >= 15 is 0 Å². The third kappa shape index (κ3) is 2.52. The Morgan fingerprint density at radius 1 is 1.32 bits per heavy atom. The molecule has 1 N–H and O–H groups in total. The third-order valence-corrected chi connectivity index (χ3v) is 5.06. The van der Waals surface area contributed by atoms with E-state index in [9.17, 15) is 9.59 Å². The number of hydrogen-bond donors (Lipinski definition) is 1. The number of carbonyl (C=O) groups excluding carboxylic acids is 2. The van der Waals surface area contributed by atoms with Crippen LogP contribution in [-0.2, 0) is 4.79 Å². The summed E-state index contributed by atoms with van der Waals surface area (Å²) in [6.45, 7) is 1.55. The minimum Gasteiger partial charge on any atom is -0.351 e. The molecule has 102 valence electrons. The first-order valence-electron chi connectivity index (χ1n) is 6.82. The fourth-order valence-electron chi connectivity index (χ4n) is 3.10. The van der Waals surface area contributed by atoms with Crippen molar-refractivity contribution in [3.05, 3.63) is 22.4 Å². The first-order chi connectivity index (χ1) is 9.19. The molecule has 4 nitrogen and oxygen atoms in total. The zero-order valence-corrected chi connectivity index (χ0v) is 11.7. The van der Waals surface area contributed by atoms with Crippen molar-refractivity contribution >= 4 is 23.2 Å². The van der Waals surface area contributed by atoms with Gasteiger partial charge >= 0.3 is 0 Å². The summed E-state index contributed by atoms with van der Waals surface area (Å²) in [6, 6.07) is 3.79. The summed E-state index contributed by atoms with van der Waals surface area (Å²) in [5.41, 5.74) is -0.0401. The van der Waals surface area contributed by atoms with Crippen molar-refractivity contribution in [2.24, 2.45) is 0 Å². The zero-order valence-electron chi connectivity index (χ0n) is 10.9. The van der Waals surface area contributed by atoms with E-state index in [1.54, 1.807) is 0 Å². The van der Waals surface area contributed by atoms with Gasteiger partial charge in [0.15, 0.2) is 0 Å². The highest BCUT2D eigenvalue weighted by atomic mass is 32.1. The molecule has 0 aromatic carbocycles. The molecular weight excluding hydrogens is 260 g/mol. The summed E-state index contributed by atoms with van der Waals surface area (Å²) < 4.78 is 0. The average molecular weight is 278 g/mol. The van der Waals surface area contributed by atoms with Gasteiger partial charge < -0.3 is 10.2 Å². The lowest BCUT2D eigenvalue weighted by Gasteiger charge is -2.27. The highest BCUT2D eigenvalue weighted by molar-refractivity contribution is 7.12. The van der Waals surface area contributed by atoms with Gasteiger partial charge in [-0.3, -0.25) is 9.59 Å². The van der Waals surface area contributed by atoms with Crippen molar-refractivity contribution in [2.45, 2.75) is 37.6 Å². The smallest absolute Gasteiger partial charge is 0.263 e. The lowest BCUT2D eigenvalue weighted by molar-refractivity contribution is -0.119. The molecule has 1 unspecified atom stereocenters. The average Bonchev–Trinajstić information content (AvgIpc) is 2.98. The first-order valence-corrected chi connectivity index (χ1v) is 7.70. The van der Waals surface area contributed by atoms with Crippen LogP contribution in [0, 0.1) is 0 Å². The Kier molecular flexibility index (Phi) is 3.31. The molecule has 5 heteroatoms. The van der Waals surface area contributed by atoms with Gasteiger partial charge in [0.05, 0.1) is 4.88 Å². The van der Waals surface area contributed by atoms with Crippen LogP contribution in [0.5, 0.6) is 0 Å². The van der Waals surface area contributed by atoms with Crippen molar-refractivity contribution in [1.29, 1.82) is 0 Å². The minimum absolute atomic E-state index is 0.0401. The number of carbonyl (C=O) groups is 2. The second-order valence-electron chi connectivity index (χ2n) is 5.45. The molecule has 1 atom stereocenters. The van der Waals surface area contributed by atoms with Crippen molar-refractivity contribution in [3.8, 4) is 0 Å². The van der Waals surface area contributed by atoms with Crippen LogP contribution >= 0.6 is 11.3 Å². The SMILES string of the molecule is O=C1CCC2(CCCN(C(=O)c3cccs3)CC2)N1. The molecule has 1 spiro atoms. The Morgan fingerprint density at radius 2 is 2.21 bits per heavy atom. The summed E-state index contributed by atoms with van der Waals surface area (Å²) in [6.07, 6.45) is 4.41. The quantitative estimate of drug-likeness (QED) is 0.854. The van der Waals surface area contributed by atoms with Gasteiger partial charge in [-0.15, -0.1) is 11.3 Å². The van der Waals surface area contributed by atoms with Crippen LogP contribution in [0.15, 0.2) is 17.5 Å². The van der Waals surface area contributed by atoms with E-state index in [0.717, 1.165) is 43.6 Å². The first kappa shape index (κ1) is 12.7. The van der Waals surface area contributed by atoms with E-state index < -0.39 is 0 Å². The maximum Gasteiger partial charge on any atom is 0.263 e. The number of nitrogens with zero attached hydrogens (tertiary/aromatic N) is 1. The Bertz CT molecular complexity index is 486. The standard InChI is InChI=1S/C14H18N2O2S/c17-12-4-6-14(15-12)5-2-8-16(9-7-14)13(18)11-3-1-10-19-11/h1,3,10H,2,4-9H2,(H,15,17). The molecule has 2 aliphatic rings. The van der Waals surface area contributed by atoms with Crippen molar-refractivity contribution < 1.29 is 9.59 Å². The zero-order chi connectivity index (χ0) is 13.3. The normalized spacial score (nSPS) is 27.4. The van der Waals surface area contributed by atoms with Gasteiger partial charge in [-0.05, 0) is 37.1 Å². The summed E-state index contributed by atoms with van der Waals surface area (Å²) in [5, 5.41) is 5.06. The largest absolute Gasteiger partial charge is 0.351 e. The van der Waals surface area contributed by atoms with Crippen LogP contribution < -0.4 is 5.32 Å². The number of likely N-dealkylation sites (tertiary alicyclic amines) is 1. The molecule has 2 saturated heterocycles. The lowest BCUT2D eigenvalue weighted by Crippen LogP contribution is -2.42. The minimum atomic E-state index is -0.0401. The third-order valence-electron chi connectivity index (χ3n) is 4.20. The molecule has 1 aromatic heterocycles. The topological polar surface area (TPSA) is 49.4 Å². The second-order valence-corrected chi connectivity index (χ2v) is 6.40. The van der Waals surface area contributed by atoms with Crippen molar-refractivity contribution in [3.63, 3.8) is 0 Å². The molecule has 2 amide bonds. The molecule has 19 heavy (non-hydrogen) atoms. The van der Waals surface area contributed by atoms with Gasteiger partial charge in [0.1, 0.15) is 0 Å². The van der Waals surface area contributed by atoms with Gasteiger partial charge in [0, 0.05) is 25.0 Å². The van der Waals surface area contributed by atoms with E-state index in [-0.39, 0.29) is 17.4 Å². The molecule has 3 rings (SSSR count). The van der Waals surface area contributed by atoms with E-state index in [1.807, 2.05) is 22.4 Å². The Morgan fingerprint density at radius 3 is 2.89 bits per heavy atom. The van der Waals surface area contributed by atoms with Crippen LogP contribution in [0.3, 0.4) is 0 Å². The van der Waals surface area contributed by atoms with E-state index in [1.165, 1.54) is 11.3 Å². The van der Waals surface area contributed by atoms with Gasteiger partial charge in [0.2, 0.25) is 5.91 Å². The molecule has 1 aromatic rings. The highest BCUT2D eigenvalue weighted by Crippen LogP contribution is 2.31. The number of hydrogen-bond acceptors (Lipinski definition) is 3. The summed E-state index contributed by atoms with van der Waals surface area (Å²) >= 11 is 1.49. The molecular formula is C14H18N2O2S. The van der Waals surface area contributed by atoms with Gasteiger partial charge in [-0.2, -0.15) is 0 Å². The molecule has 0 saturated carbocycles. The monoisotopic (exact) mass is 278 g/mol. The number of amides is 2. The predicted octanol–water partition coefficient (Wildman–Crippen LogP) is 2.02. The predicted molar refractivity (Wildman–Crippen MR) is 74.2 cm³/mol. The molecule has 3 heterocycles. The highest BCUT2D eigenvalue weighted by Gasteiger charge is 2.39. The molecule has 2 fully saturated rings. The Hall–Kier alpha value is -1.36. The summed E-state index contributed by atoms with van der Waals surface area (Å²) in [7, 11) is 0. The molecule has 0 aliphatic carbocycles. The van der Waals surface area contributed by atoms with E-state index in [2.05, 4.69) is 5.32 Å². The van der Waals surface area contributed by atoms with Crippen molar-refractivity contribution in [1.82, 2.24) is 10.2 Å². The Balaban J connectivity index is 1.68. The van der Waals surface area contributed by atoms with Gasteiger partial charge in [0.25, 0.3) is 5.91 Å². The van der Waals surface area contributed by atoms with Crippen LogP contribution in [0.2, 0.25) is 0 Å². The number of thiophene rings is 1. The van der Waals surface area contributed by atoms with Gasteiger partial charge in [-0.1, -0.05) is 6.07 Å². The van der Waals surface area contributed by atoms with E-state index in [4.69, 9.17) is 0 Å². The molecule has 0 radical (unpaired) electrons. The maximum absolute atomic E-state index is 12.3. The molecule has 2 aliphatic heterocycles. The summed E-state index contributed by atoms with van der Waals surface area (Å²) in [4.78, 5) is 26.5. The van der Waals surface area contributed by atoms with Crippen LogP contribution in [0.1, 0.15) is 41.8 Å². The lowest BCUT2D eigenvalue weighted by atomic mass is 9.89. The number of nitrogens with one attached hydrogen (secondary N) is 1. The fourth-order valence-corrected chi connectivity index (χ4v) is 3.79. The maximum atomic E-state index is 12.3. The van der Waals surface area contributed by atoms with Crippen molar-refractivity contribution in [2.75, 3.05) is 13.1 Å². The van der Waals surface area contributed by atoms with Crippen LogP contribution in [0.25, 0.3) is 0 Å². The second kappa shape index (κ2) is 4.96. The van der Waals surface area contributed by atoms with E-state index in [0.29, 0.717) is 6.42 Å². The summed E-state index contributed by atoms with van der Waals surface area (Å²) in [5.74, 6) is 0.300. The van der Waals surface area contributed by atoms with Gasteiger partial charge in [-0.25, -0.2) is 0 Å². The Labute approximate surface area is 116 Å². The number of rotatable bonds is 1. The fraction of sp³-hybridized carbons (Fsp3) is 0.571. The van der Waals surface area contributed by atoms with Crippen LogP contribution in [0.4, 0.5) is 0 Å².